The number of benzene rings is 2. The molecule has 2 aromatic rings. The second-order valence-corrected chi connectivity index (χ2v) is 6.20. The van der Waals surface area contributed by atoms with Crippen LogP contribution in [0.5, 0.6) is 5.75 Å². The van der Waals surface area contributed by atoms with E-state index >= 15 is 0 Å². The fourth-order valence-corrected chi connectivity index (χ4v) is 3.68. The molecule has 3 heterocycles. The van der Waals surface area contributed by atoms with Crippen LogP contribution in [0, 0.1) is 0 Å². The van der Waals surface area contributed by atoms with Gasteiger partial charge in [0.15, 0.2) is 0 Å². The lowest BCUT2D eigenvalue weighted by atomic mass is 10.0. The molecule has 5 rings (SSSR count). The van der Waals surface area contributed by atoms with Crippen LogP contribution in [0.3, 0.4) is 0 Å². The minimum atomic E-state index is 0.221. The average molecular weight is 282 g/mol. The van der Waals surface area contributed by atoms with Crippen LogP contribution < -0.4 is 4.74 Å². The van der Waals surface area contributed by atoms with Gasteiger partial charge in [0.2, 0.25) is 0 Å². The van der Waals surface area contributed by atoms with Crippen molar-refractivity contribution in [3.8, 4) is 5.75 Å². The Hall–Kier alpha value is -1.58. The van der Waals surface area contributed by atoms with E-state index < -0.39 is 0 Å². The van der Waals surface area contributed by atoms with Crippen molar-refractivity contribution < 1.29 is 4.74 Å². The summed E-state index contributed by atoms with van der Waals surface area (Å²) in [5.41, 5.74) is 0. The first-order chi connectivity index (χ1) is 10.3. The summed E-state index contributed by atoms with van der Waals surface area (Å²) in [6.45, 7) is 8.18. The minimum absolute atomic E-state index is 0.221. The molecule has 3 aliphatic heterocycles. The van der Waals surface area contributed by atoms with Gasteiger partial charge in [0.1, 0.15) is 11.9 Å². The summed E-state index contributed by atoms with van der Waals surface area (Å²) in [5, 5.41) is 2.46. The van der Waals surface area contributed by atoms with E-state index in [-0.39, 0.29) is 6.10 Å². The lowest BCUT2D eigenvalue weighted by Gasteiger charge is -2.49. The molecule has 110 valence electrons. The second-order valence-electron chi connectivity index (χ2n) is 6.20. The van der Waals surface area contributed by atoms with Crippen molar-refractivity contribution in [2.24, 2.45) is 0 Å². The molecule has 0 radical (unpaired) electrons. The van der Waals surface area contributed by atoms with Crippen molar-refractivity contribution in [2.45, 2.75) is 19.1 Å². The first-order valence-corrected chi connectivity index (χ1v) is 7.92. The van der Waals surface area contributed by atoms with Crippen molar-refractivity contribution in [2.75, 3.05) is 32.7 Å². The molecule has 0 aromatic heterocycles. The van der Waals surface area contributed by atoms with Crippen LogP contribution in [-0.2, 0) is 0 Å². The molecular formula is C18H22N2O. The maximum atomic E-state index is 6.35. The van der Waals surface area contributed by atoms with Gasteiger partial charge in [-0.05, 0) is 18.4 Å². The van der Waals surface area contributed by atoms with E-state index in [4.69, 9.17) is 4.74 Å². The van der Waals surface area contributed by atoms with E-state index in [1.54, 1.807) is 0 Å². The number of fused-ring (bicyclic) bond motifs is 4. The van der Waals surface area contributed by atoms with Gasteiger partial charge in [0, 0.05) is 38.1 Å². The van der Waals surface area contributed by atoms with Gasteiger partial charge in [-0.25, -0.2) is 0 Å². The van der Waals surface area contributed by atoms with Crippen molar-refractivity contribution >= 4 is 10.8 Å². The zero-order valence-corrected chi connectivity index (χ0v) is 12.5. The molecule has 0 spiro atoms. The Bertz CT molecular complexity index is 629. The predicted octanol–water partition coefficient (Wildman–Crippen LogP) is 2.61. The Balaban J connectivity index is 1.57. The van der Waals surface area contributed by atoms with Gasteiger partial charge in [-0.15, -0.1) is 0 Å². The Morgan fingerprint density at radius 1 is 1.00 bits per heavy atom. The molecule has 2 aromatic carbocycles. The second kappa shape index (κ2) is 5.32. The van der Waals surface area contributed by atoms with Crippen LogP contribution in [0.25, 0.3) is 10.8 Å². The summed E-state index contributed by atoms with van der Waals surface area (Å²) < 4.78 is 6.35. The molecule has 21 heavy (non-hydrogen) atoms. The van der Waals surface area contributed by atoms with E-state index in [2.05, 4.69) is 59.2 Å². The Kier molecular flexibility index (Phi) is 3.32. The Morgan fingerprint density at radius 3 is 2.52 bits per heavy atom. The van der Waals surface area contributed by atoms with Gasteiger partial charge >= 0.3 is 0 Å². The number of hydrogen-bond acceptors (Lipinski definition) is 3. The molecule has 1 unspecified atom stereocenters. The first kappa shape index (κ1) is 13.1. The molecule has 3 saturated heterocycles. The summed E-state index contributed by atoms with van der Waals surface area (Å²) in [4.78, 5) is 5.16. The molecule has 3 nitrogen and oxygen atoms in total. The van der Waals surface area contributed by atoms with Gasteiger partial charge in [0.25, 0.3) is 0 Å². The quantitative estimate of drug-likeness (QED) is 0.860. The van der Waals surface area contributed by atoms with Crippen molar-refractivity contribution in [3.05, 3.63) is 42.5 Å². The third kappa shape index (κ3) is 2.41. The number of piperazine rings is 3. The van der Waals surface area contributed by atoms with E-state index in [0.717, 1.165) is 12.3 Å². The van der Waals surface area contributed by atoms with E-state index in [1.807, 2.05) is 0 Å². The zero-order valence-electron chi connectivity index (χ0n) is 12.5. The van der Waals surface area contributed by atoms with Crippen molar-refractivity contribution in [3.63, 3.8) is 0 Å². The van der Waals surface area contributed by atoms with E-state index in [1.165, 1.54) is 37.0 Å². The fraction of sp³-hybridized carbons (Fsp3) is 0.444. The molecule has 3 aliphatic rings. The minimum Gasteiger partial charge on any atom is -0.488 e. The number of rotatable bonds is 3. The molecular weight excluding hydrogens is 260 g/mol. The van der Waals surface area contributed by atoms with E-state index in [0.29, 0.717) is 6.04 Å². The molecule has 3 fully saturated rings. The summed E-state index contributed by atoms with van der Waals surface area (Å²) in [7, 11) is 0. The summed E-state index contributed by atoms with van der Waals surface area (Å²) in [5.74, 6) is 1.01. The summed E-state index contributed by atoms with van der Waals surface area (Å²) in [6.07, 6.45) is 0.221. The van der Waals surface area contributed by atoms with Crippen molar-refractivity contribution in [1.29, 1.82) is 0 Å². The van der Waals surface area contributed by atoms with Crippen LogP contribution in [-0.4, -0.2) is 54.7 Å². The lowest BCUT2D eigenvalue weighted by Crippen LogP contribution is -2.64. The van der Waals surface area contributed by atoms with Gasteiger partial charge in [0.05, 0.1) is 6.04 Å². The molecule has 0 aliphatic carbocycles. The van der Waals surface area contributed by atoms with Crippen LogP contribution in [0.2, 0.25) is 0 Å². The third-order valence-corrected chi connectivity index (χ3v) is 4.93. The molecule has 2 atom stereocenters. The largest absolute Gasteiger partial charge is 0.488 e. The third-order valence-electron chi connectivity index (χ3n) is 4.93. The van der Waals surface area contributed by atoms with E-state index in [9.17, 15) is 0 Å². The molecule has 0 N–H and O–H groups in total. The van der Waals surface area contributed by atoms with Crippen molar-refractivity contribution in [1.82, 2.24) is 9.80 Å². The Morgan fingerprint density at radius 2 is 1.76 bits per heavy atom. The standard InChI is InChI=1S/C18H22N2O/c1-14(17-13-19-9-11-20(17)12-10-19)21-18-8-4-6-15-5-2-3-7-16(15)18/h2-8,14,17H,9-13H2,1H3/t14-,17?/m1/s1. The fourth-order valence-electron chi connectivity index (χ4n) is 3.68. The lowest BCUT2D eigenvalue weighted by molar-refractivity contribution is -0.0318. The zero-order chi connectivity index (χ0) is 14.2. The molecule has 0 saturated carbocycles. The number of ether oxygens (including phenoxy) is 1. The molecule has 3 heteroatoms. The highest BCUT2D eigenvalue weighted by Gasteiger charge is 2.36. The highest BCUT2D eigenvalue weighted by Crippen LogP contribution is 2.28. The topological polar surface area (TPSA) is 15.7 Å². The Labute approximate surface area is 126 Å². The number of nitrogens with zero attached hydrogens (tertiary/aromatic N) is 2. The molecule has 2 bridgehead atoms. The average Bonchev–Trinajstić information content (AvgIpc) is 2.56. The maximum Gasteiger partial charge on any atom is 0.127 e. The smallest absolute Gasteiger partial charge is 0.127 e. The summed E-state index contributed by atoms with van der Waals surface area (Å²) >= 11 is 0. The van der Waals surface area contributed by atoms with Gasteiger partial charge in [-0.3, -0.25) is 9.80 Å². The van der Waals surface area contributed by atoms with Gasteiger partial charge < -0.3 is 4.74 Å². The summed E-state index contributed by atoms with van der Waals surface area (Å²) in [6, 6.07) is 15.3. The SMILES string of the molecule is C[C@@H](Oc1cccc2ccccc12)C1CN2CCN1CC2. The monoisotopic (exact) mass is 282 g/mol. The highest BCUT2D eigenvalue weighted by atomic mass is 16.5. The molecule has 0 amide bonds. The predicted molar refractivity (Wildman–Crippen MR) is 85.8 cm³/mol. The van der Waals surface area contributed by atoms with Gasteiger partial charge in [-0.1, -0.05) is 36.4 Å². The van der Waals surface area contributed by atoms with Crippen LogP contribution in [0.4, 0.5) is 0 Å². The first-order valence-electron chi connectivity index (χ1n) is 7.92. The van der Waals surface area contributed by atoms with Gasteiger partial charge in [-0.2, -0.15) is 0 Å². The van der Waals surface area contributed by atoms with Crippen LogP contribution >= 0.6 is 0 Å². The highest BCUT2D eigenvalue weighted by molar-refractivity contribution is 5.88. The number of hydrogen-bond donors (Lipinski definition) is 0. The van der Waals surface area contributed by atoms with Crippen LogP contribution in [0.1, 0.15) is 6.92 Å². The maximum absolute atomic E-state index is 6.35. The van der Waals surface area contributed by atoms with Crippen LogP contribution in [0.15, 0.2) is 42.5 Å². The normalized spacial score (nSPS) is 29.5.